The lowest BCUT2D eigenvalue weighted by Gasteiger charge is -2.12. The fourth-order valence-electron chi connectivity index (χ4n) is 2.11. The van der Waals surface area contributed by atoms with E-state index in [4.69, 9.17) is 18.6 Å². The summed E-state index contributed by atoms with van der Waals surface area (Å²) in [6.07, 6.45) is 2.75. The summed E-state index contributed by atoms with van der Waals surface area (Å²) < 4.78 is 23.3. The number of benzene rings is 2. The van der Waals surface area contributed by atoms with Gasteiger partial charge in [-0.15, -0.1) is 0 Å². The molecule has 0 amide bonds. The number of hydrogen-bond acceptors (Lipinski definition) is 4. The fraction of sp³-hybridized carbons (Fsp3) is 0.278. The van der Waals surface area contributed by atoms with E-state index < -0.39 is 17.2 Å². The zero-order valence-corrected chi connectivity index (χ0v) is 14.8. The highest BCUT2D eigenvalue weighted by molar-refractivity contribution is 7.76. The lowest BCUT2D eigenvalue weighted by Crippen LogP contribution is -2.04. The Bertz CT molecular complexity index is 687. The number of nitrogens with two attached hydrogens (primary N) is 1. The largest absolute Gasteiger partial charge is 0.760 e. The Kier molecular flexibility index (Phi) is 9.46. The van der Waals surface area contributed by atoms with Crippen LogP contribution in [0.25, 0.3) is 0 Å². The minimum absolute atomic E-state index is 0.262. The quantitative estimate of drug-likeness (QED) is 0.579. The highest BCUT2D eigenvalue weighted by Crippen LogP contribution is 2.24. The number of unbranched alkanes of at least 4 members (excludes halogenated alkanes) is 1. The van der Waals surface area contributed by atoms with E-state index in [1.54, 1.807) is 12.1 Å². The van der Waals surface area contributed by atoms with Crippen LogP contribution in [0, 0.1) is 0 Å². The first-order valence-electron chi connectivity index (χ1n) is 7.80. The van der Waals surface area contributed by atoms with Gasteiger partial charge in [-0.1, -0.05) is 49.7 Å². The molecule has 2 rings (SSSR count). The first-order valence-corrected chi connectivity index (χ1v) is 8.94. The summed E-state index contributed by atoms with van der Waals surface area (Å²) in [6, 6.07) is 15.2. The molecule has 0 fully saturated rings. The summed E-state index contributed by atoms with van der Waals surface area (Å²) >= 11 is -2.36. The summed E-state index contributed by atoms with van der Waals surface area (Å²) in [4.78, 5) is 11.1. The number of carboxylic acid groups (broad SMARTS) is 1. The molecule has 0 spiro atoms. The highest BCUT2D eigenvalue weighted by Gasteiger charge is 2.10. The topological polar surface area (TPSA) is 113 Å². The molecule has 2 aromatic rings. The Morgan fingerprint density at radius 3 is 2.44 bits per heavy atom. The van der Waals surface area contributed by atoms with Crippen LogP contribution in [0.4, 0.5) is 0 Å². The van der Waals surface area contributed by atoms with Crippen LogP contribution in [0.5, 0.6) is 5.75 Å². The summed E-state index contributed by atoms with van der Waals surface area (Å²) in [6.45, 7) is 2.71. The van der Waals surface area contributed by atoms with Crippen molar-refractivity contribution in [3.05, 3.63) is 65.2 Å². The van der Waals surface area contributed by atoms with Crippen LogP contribution in [0.3, 0.4) is 0 Å². The molecule has 0 aliphatic rings. The summed E-state index contributed by atoms with van der Waals surface area (Å²) in [5.74, 6) is -0.256. The van der Waals surface area contributed by atoms with E-state index in [1.807, 2.05) is 24.3 Å². The van der Waals surface area contributed by atoms with E-state index in [-0.39, 0.29) is 5.56 Å². The Hall–Kier alpha value is -2.22. The van der Waals surface area contributed by atoms with Gasteiger partial charge in [0, 0.05) is 17.7 Å². The third-order valence-electron chi connectivity index (χ3n) is 3.31. The highest BCUT2D eigenvalue weighted by atomic mass is 32.2. The molecular weight excluding hydrogens is 342 g/mol. The molecule has 0 heterocycles. The van der Waals surface area contributed by atoms with Crippen molar-refractivity contribution < 1.29 is 23.4 Å². The Labute approximate surface area is 150 Å². The maximum atomic E-state index is 11.1. The molecule has 0 saturated carbocycles. The van der Waals surface area contributed by atoms with Crippen molar-refractivity contribution in [3.63, 3.8) is 0 Å². The number of aromatic carboxylic acids is 1. The molecule has 2 aromatic carbocycles. The summed E-state index contributed by atoms with van der Waals surface area (Å²) in [7, 11) is 0. The standard InChI is InChI=1S/C18H20O3.H3NO2S/c1-2-3-11-21-17-13-16(18(19)20)10-9-15(17)12-14-7-5-4-6-8-14;1-4(2)3/h4-10,13H,2-3,11-12H2,1H3,(H,19,20);1H2,(H,2,3)/p-1. The van der Waals surface area contributed by atoms with Crippen LogP contribution in [-0.4, -0.2) is 26.4 Å². The van der Waals surface area contributed by atoms with Gasteiger partial charge in [0.1, 0.15) is 5.75 Å². The zero-order chi connectivity index (χ0) is 18.7. The molecule has 6 nitrogen and oxygen atoms in total. The summed E-state index contributed by atoms with van der Waals surface area (Å²) in [5, 5.41) is 13.1. The zero-order valence-electron chi connectivity index (χ0n) is 14.0. The molecule has 1 unspecified atom stereocenters. The van der Waals surface area contributed by atoms with E-state index in [9.17, 15) is 4.79 Å². The Morgan fingerprint density at radius 1 is 1.24 bits per heavy atom. The molecule has 136 valence electrons. The molecule has 1 atom stereocenters. The second-order valence-corrected chi connectivity index (χ2v) is 5.77. The number of carboxylic acids is 1. The van der Waals surface area contributed by atoms with Gasteiger partial charge >= 0.3 is 5.97 Å². The molecule has 3 N–H and O–H groups in total. The molecule has 0 aromatic heterocycles. The van der Waals surface area contributed by atoms with Crippen molar-refractivity contribution >= 4 is 17.2 Å². The van der Waals surface area contributed by atoms with E-state index >= 15 is 0 Å². The predicted octanol–water partition coefficient (Wildman–Crippen LogP) is 2.89. The van der Waals surface area contributed by atoms with E-state index in [0.717, 1.165) is 24.8 Å². The Morgan fingerprint density at radius 2 is 1.88 bits per heavy atom. The van der Waals surface area contributed by atoms with Gasteiger partial charge in [0.15, 0.2) is 0 Å². The minimum Gasteiger partial charge on any atom is -0.760 e. The van der Waals surface area contributed by atoms with Crippen molar-refractivity contribution in [3.8, 4) is 5.75 Å². The number of carbonyl (C=O) groups is 1. The van der Waals surface area contributed by atoms with E-state index in [1.165, 1.54) is 5.56 Å². The van der Waals surface area contributed by atoms with E-state index in [0.29, 0.717) is 12.4 Å². The lowest BCUT2D eigenvalue weighted by atomic mass is 10.0. The van der Waals surface area contributed by atoms with Crippen molar-refractivity contribution in [1.82, 2.24) is 0 Å². The van der Waals surface area contributed by atoms with Crippen molar-refractivity contribution in [2.45, 2.75) is 26.2 Å². The average molecular weight is 364 g/mol. The molecule has 0 bridgehead atoms. The minimum atomic E-state index is -2.36. The molecule has 25 heavy (non-hydrogen) atoms. The normalized spacial score (nSPS) is 11.2. The first kappa shape index (κ1) is 20.8. The van der Waals surface area contributed by atoms with Gasteiger partial charge in [-0.05, 0) is 29.7 Å². The third kappa shape index (κ3) is 8.44. The third-order valence-corrected chi connectivity index (χ3v) is 3.31. The summed E-state index contributed by atoms with van der Waals surface area (Å²) in [5.41, 5.74) is 2.46. The van der Waals surface area contributed by atoms with Crippen LogP contribution in [-0.2, 0) is 17.7 Å². The van der Waals surface area contributed by atoms with Gasteiger partial charge in [-0.25, -0.2) is 4.79 Å². The van der Waals surface area contributed by atoms with Gasteiger partial charge < -0.3 is 14.4 Å². The second-order valence-electron chi connectivity index (χ2n) is 5.25. The monoisotopic (exact) mass is 364 g/mol. The second kappa shape index (κ2) is 11.4. The number of rotatable bonds is 7. The van der Waals surface area contributed by atoms with Crippen molar-refractivity contribution in [1.29, 1.82) is 0 Å². The van der Waals surface area contributed by atoms with Gasteiger partial charge in [-0.3, -0.25) is 9.35 Å². The van der Waals surface area contributed by atoms with Crippen LogP contribution < -0.4 is 9.88 Å². The fourth-order valence-corrected chi connectivity index (χ4v) is 2.11. The first-order chi connectivity index (χ1) is 11.9. The molecule has 0 aliphatic heterocycles. The van der Waals surface area contributed by atoms with Crippen molar-refractivity contribution in [2.75, 3.05) is 6.61 Å². The van der Waals surface area contributed by atoms with Crippen LogP contribution >= 0.6 is 0 Å². The Balaban J connectivity index is 0.000000705. The number of ether oxygens (including phenoxy) is 1. The van der Waals surface area contributed by atoms with Gasteiger partial charge in [-0.2, -0.15) is 0 Å². The SMILES string of the molecule is CCCCOc1cc(C(=O)O)ccc1Cc1ccccc1.NS(=O)[O-]. The lowest BCUT2D eigenvalue weighted by molar-refractivity contribution is 0.0696. The molecular formula is C18H22NO5S-. The van der Waals surface area contributed by atoms with Gasteiger partial charge in [0.2, 0.25) is 0 Å². The van der Waals surface area contributed by atoms with Gasteiger partial charge in [0.05, 0.1) is 12.2 Å². The maximum absolute atomic E-state index is 11.1. The van der Waals surface area contributed by atoms with Crippen LogP contribution in [0.1, 0.15) is 41.3 Å². The molecule has 0 saturated heterocycles. The van der Waals surface area contributed by atoms with Crippen LogP contribution in [0.15, 0.2) is 48.5 Å². The molecule has 0 radical (unpaired) electrons. The molecule has 0 aliphatic carbocycles. The predicted molar refractivity (Wildman–Crippen MR) is 96.2 cm³/mol. The van der Waals surface area contributed by atoms with Gasteiger partial charge in [0.25, 0.3) is 0 Å². The maximum Gasteiger partial charge on any atom is 0.335 e. The van der Waals surface area contributed by atoms with E-state index in [2.05, 4.69) is 24.2 Å². The number of hydrogen-bond donors (Lipinski definition) is 2. The smallest absolute Gasteiger partial charge is 0.335 e. The van der Waals surface area contributed by atoms with Crippen LogP contribution in [0.2, 0.25) is 0 Å². The van der Waals surface area contributed by atoms with Crippen molar-refractivity contribution in [2.24, 2.45) is 5.14 Å². The molecule has 7 heteroatoms. The average Bonchev–Trinajstić information content (AvgIpc) is 2.56.